The molecule has 0 unspecified atom stereocenters. The third kappa shape index (κ3) is 6.65. The number of ether oxygens (including phenoxy) is 1. The first-order valence-corrected chi connectivity index (χ1v) is 10.2. The second-order valence-corrected chi connectivity index (χ2v) is 7.58. The van der Waals surface area contributed by atoms with Gasteiger partial charge in [0, 0.05) is 13.1 Å². The highest BCUT2D eigenvalue weighted by Gasteiger charge is 2.26. The minimum absolute atomic E-state index is 0.123. The highest BCUT2D eigenvalue weighted by atomic mass is 35.5. The quantitative estimate of drug-likeness (QED) is 0.629. The zero-order valence-corrected chi connectivity index (χ0v) is 18.4. The molecule has 2 aromatic carbocycles. The molecule has 0 aliphatic heterocycles. The highest BCUT2D eigenvalue weighted by Crippen LogP contribution is 2.23. The predicted octanol–water partition coefficient (Wildman–Crippen LogP) is 4.49. The van der Waals surface area contributed by atoms with Crippen LogP contribution < -0.4 is 10.1 Å². The lowest BCUT2D eigenvalue weighted by molar-refractivity contribution is -0.140. The van der Waals surface area contributed by atoms with Crippen LogP contribution in [0.3, 0.4) is 0 Å². The summed E-state index contributed by atoms with van der Waals surface area (Å²) in [6.45, 7) is 4.60. The maximum Gasteiger partial charge on any atom is 0.242 e. The van der Waals surface area contributed by atoms with E-state index >= 15 is 0 Å². The maximum atomic E-state index is 13.1. The first-order valence-electron chi connectivity index (χ1n) is 9.49. The van der Waals surface area contributed by atoms with Crippen LogP contribution >= 0.6 is 23.2 Å². The van der Waals surface area contributed by atoms with Gasteiger partial charge in [-0.05, 0) is 48.7 Å². The van der Waals surface area contributed by atoms with Gasteiger partial charge in [0.15, 0.2) is 0 Å². The van der Waals surface area contributed by atoms with Gasteiger partial charge in [-0.1, -0.05) is 48.3 Å². The van der Waals surface area contributed by atoms with E-state index in [0.717, 1.165) is 23.3 Å². The Hall–Kier alpha value is -2.24. The molecule has 0 heterocycles. The summed E-state index contributed by atoms with van der Waals surface area (Å²) in [7, 11) is 1.60. The molecule has 0 spiro atoms. The van der Waals surface area contributed by atoms with Crippen LogP contribution in [0, 0.1) is 0 Å². The van der Waals surface area contributed by atoms with Crippen LogP contribution in [0.25, 0.3) is 0 Å². The Morgan fingerprint density at radius 3 is 2.31 bits per heavy atom. The summed E-state index contributed by atoms with van der Waals surface area (Å²) in [4.78, 5) is 27.2. The summed E-state index contributed by atoms with van der Waals surface area (Å²) in [6, 6.07) is 11.9. The molecule has 0 aliphatic carbocycles. The van der Waals surface area contributed by atoms with Gasteiger partial charge in [0.05, 0.1) is 23.6 Å². The van der Waals surface area contributed by atoms with Crippen molar-refractivity contribution in [3.05, 3.63) is 63.6 Å². The monoisotopic (exact) mass is 436 g/mol. The van der Waals surface area contributed by atoms with E-state index in [1.54, 1.807) is 37.1 Å². The number of nitrogens with one attached hydrogen (secondary N) is 1. The highest BCUT2D eigenvalue weighted by molar-refractivity contribution is 6.42. The molecule has 0 bridgehead atoms. The molecule has 1 N–H and O–H groups in total. The largest absolute Gasteiger partial charge is 0.497 e. The van der Waals surface area contributed by atoms with Crippen LogP contribution in [0.2, 0.25) is 10.0 Å². The molecule has 7 heteroatoms. The molecule has 0 fully saturated rings. The third-order valence-electron chi connectivity index (χ3n) is 4.57. The van der Waals surface area contributed by atoms with Gasteiger partial charge in [-0.25, -0.2) is 0 Å². The number of benzene rings is 2. The number of methoxy groups -OCH3 is 1. The second kappa shape index (κ2) is 11.1. The summed E-state index contributed by atoms with van der Waals surface area (Å²) in [5.41, 5.74) is 1.65. The standard InChI is InChI=1S/C22H26Cl2N2O3/c1-4-11-25-22(28)15(2)26(14-16-5-8-18(29-3)9-6-16)21(27)13-17-7-10-19(23)20(24)12-17/h5-10,12,15H,4,11,13-14H2,1-3H3,(H,25,28)/t15-/m0/s1. The van der Waals surface area contributed by atoms with Crippen LogP contribution in [0.5, 0.6) is 5.75 Å². The van der Waals surface area contributed by atoms with Crippen LogP contribution in [-0.4, -0.2) is 36.4 Å². The van der Waals surface area contributed by atoms with E-state index in [0.29, 0.717) is 23.1 Å². The molecular weight excluding hydrogens is 411 g/mol. The smallest absolute Gasteiger partial charge is 0.242 e. The topological polar surface area (TPSA) is 58.6 Å². The molecule has 0 saturated heterocycles. The Balaban J connectivity index is 2.22. The van der Waals surface area contributed by atoms with Gasteiger partial charge in [0.25, 0.3) is 0 Å². The SMILES string of the molecule is CCCNC(=O)[C@H](C)N(Cc1ccc(OC)cc1)C(=O)Cc1ccc(Cl)c(Cl)c1. The molecule has 156 valence electrons. The van der Waals surface area contributed by atoms with Gasteiger partial charge in [0.1, 0.15) is 11.8 Å². The fraction of sp³-hybridized carbons (Fsp3) is 0.364. The lowest BCUT2D eigenvalue weighted by Crippen LogP contribution is -2.48. The zero-order valence-electron chi connectivity index (χ0n) is 16.9. The lowest BCUT2D eigenvalue weighted by Gasteiger charge is -2.29. The number of carbonyl (C=O) groups excluding carboxylic acids is 2. The maximum absolute atomic E-state index is 13.1. The van der Waals surface area contributed by atoms with Gasteiger partial charge in [-0.2, -0.15) is 0 Å². The van der Waals surface area contributed by atoms with Gasteiger partial charge in [0.2, 0.25) is 11.8 Å². The van der Waals surface area contributed by atoms with Gasteiger partial charge >= 0.3 is 0 Å². The number of carbonyl (C=O) groups is 2. The van der Waals surface area contributed by atoms with E-state index < -0.39 is 6.04 Å². The molecule has 0 saturated carbocycles. The second-order valence-electron chi connectivity index (χ2n) is 6.76. The van der Waals surface area contributed by atoms with E-state index in [2.05, 4.69) is 5.32 Å². The van der Waals surface area contributed by atoms with E-state index in [1.807, 2.05) is 31.2 Å². The molecule has 0 aliphatic rings. The zero-order chi connectivity index (χ0) is 21.4. The van der Waals surface area contributed by atoms with Crippen molar-refractivity contribution in [2.45, 2.75) is 39.3 Å². The Morgan fingerprint density at radius 1 is 1.07 bits per heavy atom. The van der Waals surface area contributed by atoms with E-state index in [1.165, 1.54) is 0 Å². The third-order valence-corrected chi connectivity index (χ3v) is 5.31. The summed E-state index contributed by atoms with van der Waals surface area (Å²) < 4.78 is 5.18. The molecular formula is C22H26Cl2N2O3. The van der Waals surface area contributed by atoms with Crippen molar-refractivity contribution in [1.82, 2.24) is 10.2 Å². The molecule has 2 amide bonds. The first kappa shape index (κ1) is 23.0. The summed E-state index contributed by atoms with van der Waals surface area (Å²) in [6.07, 6.45) is 0.951. The van der Waals surface area contributed by atoms with Crippen LogP contribution in [-0.2, 0) is 22.6 Å². The number of nitrogens with zero attached hydrogens (tertiary/aromatic N) is 1. The molecule has 2 rings (SSSR count). The number of rotatable bonds is 9. The van der Waals surface area contributed by atoms with E-state index in [4.69, 9.17) is 27.9 Å². The molecule has 5 nitrogen and oxygen atoms in total. The Kier molecular flexibility index (Phi) is 8.80. The Morgan fingerprint density at radius 2 is 1.72 bits per heavy atom. The van der Waals surface area contributed by atoms with Gasteiger partial charge in [-0.15, -0.1) is 0 Å². The van der Waals surface area contributed by atoms with E-state index in [9.17, 15) is 9.59 Å². The average Bonchev–Trinajstić information content (AvgIpc) is 2.72. The normalized spacial score (nSPS) is 11.6. The molecule has 1 atom stereocenters. The van der Waals surface area contributed by atoms with Gasteiger partial charge in [-0.3, -0.25) is 9.59 Å². The summed E-state index contributed by atoms with van der Waals surface area (Å²) in [5.74, 6) is 0.386. The van der Waals surface area contributed by atoms with Crippen molar-refractivity contribution in [1.29, 1.82) is 0 Å². The van der Waals surface area contributed by atoms with Crippen LogP contribution in [0.15, 0.2) is 42.5 Å². The predicted molar refractivity (Wildman–Crippen MR) is 116 cm³/mol. The Labute approximate surface area is 181 Å². The van der Waals surface area contributed by atoms with Crippen LogP contribution in [0.1, 0.15) is 31.4 Å². The molecule has 0 aromatic heterocycles. The molecule has 29 heavy (non-hydrogen) atoms. The Bertz CT molecular complexity index is 840. The minimum Gasteiger partial charge on any atom is -0.497 e. The minimum atomic E-state index is -0.612. The summed E-state index contributed by atoms with van der Waals surface area (Å²) >= 11 is 12.0. The van der Waals surface area contributed by atoms with Crippen LogP contribution in [0.4, 0.5) is 0 Å². The average molecular weight is 437 g/mol. The molecule has 0 radical (unpaired) electrons. The fourth-order valence-corrected chi connectivity index (χ4v) is 3.15. The van der Waals surface area contributed by atoms with Crippen molar-refractivity contribution >= 4 is 35.0 Å². The van der Waals surface area contributed by atoms with E-state index in [-0.39, 0.29) is 18.2 Å². The fourth-order valence-electron chi connectivity index (χ4n) is 2.83. The van der Waals surface area contributed by atoms with Crippen molar-refractivity contribution in [3.8, 4) is 5.75 Å². The summed E-state index contributed by atoms with van der Waals surface area (Å²) in [5, 5.41) is 3.69. The number of amides is 2. The van der Waals surface area contributed by atoms with Crippen molar-refractivity contribution < 1.29 is 14.3 Å². The number of hydrogen-bond acceptors (Lipinski definition) is 3. The van der Waals surface area contributed by atoms with Crippen molar-refractivity contribution in [3.63, 3.8) is 0 Å². The number of halogens is 2. The number of hydrogen-bond donors (Lipinski definition) is 1. The first-order chi connectivity index (χ1) is 13.8. The van der Waals surface area contributed by atoms with Crippen molar-refractivity contribution in [2.24, 2.45) is 0 Å². The lowest BCUT2D eigenvalue weighted by atomic mass is 10.1. The van der Waals surface area contributed by atoms with Gasteiger partial charge < -0.3 is 15.0 Å². The van der Waals surface area contributed by atoms with Crippen molar-refractivity contribution in [2.75, 3.05) is 13.7 Å². The molecule has 2 aromatic rings.